The predicted molar refractivity (Wildman–Crippen MR) is 76.4 cm³/mol. The number of aliphatic hydroxyl groups excluding tert-OH is 1. The molecule has 0 saturated carbocycles. The molecule has 0 aliphatic carbocycles. The van der Waals surface area contributed by atoms with Crippen LogP contribution < -0.4 is 0 Å². The monoisotopic (exact) mass is 341 g/mol. The summed E-state index contributed by atoms with van der Waals surface area (Å²) in [5, 5.41) is 13.1. The Balaban J connectivity index is 2.06. The molecular weight excluding hydrogens is 326 g/mol. The number of aliphatic hydroxyl groups is 1. The standard InChI is InChI=1S/C13H16BrN3O3/c1-2-16(5-6-18)13(19)12-4-3-11(20-12)9-17-8-10(14)7-15-17/h3-4,7-8,18H,2,5-6,9H2,1H3. The Bertz CT molecular complexity index is 579. The van der Waals surface area contributed by atoms with E-state index in [-0.39, 0.29) is 18.3 Å². The van der Waals surface area contributed by atoms with Gasteiger partial charge in [-0.2, -0.15) is 5.10 Å². The van der Waals surface area contributed by atoms with Crippen LogP contribution in [0.3, 0.4) is 0 Å². The van der Waals surface area contributed by atoms with Gasteiger partial charge >= 0.3 is 0 Å². The lowest BCUT2D eigenvalue weighted by atomic mass is 10.3. The summed E-state index contributed by atoms with van der Waals surface area (Å²) in [4.78, 5) is 13.7. The molecule has 2 heterocycles. The van der Waals surface area contributed by atoms with Gasteiger partial charge in [-0.25, -0.2) is 0 Å². The molecule has 0 radical (unpaired) electrons. The molecule has 2 rings (SSSR count). The van der Waals surface area contributed by atoms with Crippen LogP contribution in [0.4, 0.5) is 0 Å². The molecule has 108 valence electrons. The molecule has 20 heavy (non-hydrogen) atoms. The lowest BCUT2D eigenvalue weighted by Crippen LogP contribution is -2.33. The predicted octanol–water partition coefficient (Wildman–Crippen LogP) is 1.74. The number of rotatable bonds is 6. The Hall–Kier alpha value is -1.60. The number of hydrogen-bond donors (Lipinski definition) is 1. The Kier molecular flexibility index (Phi) is 4.97. The van der Waals surface area contributed by atoms with Crippen molar-refractivity contribution < 1.29 is 14.3 Å². The molecule has 0 spiro atoms. The van der Waals surface area contributed by atoms with Crippen LogP contribution in [-0.2, 0) is 6.54 Å². The maximum atomic E-state index is 12.1. The first-order valence-electron chi connectivity index (χ1n) is 6.30. The average Bonchev–Trinajstić information content (AvgIpc) is 3.05. The summed E-state index contributed by atoms with van der Waals surface area (Å²) < 4.78 is 8.14. The van der Waals surface area contributed by atoms with Crippen molar-refractivity contribution in [3.8, 4) is 0 Å². The van der Waals surface area contributed by atoms with E-state index in [0.29, 0.717) is 25.4 Å². The largest absolute Gasteiger partial charge is 0.454 e. The van der Waals surface area contributed by atoms with Crippen molar-refractivity contribution in [2.24, 2.45) is 0 Å². The van der Waals surface area contributed by atoms with Crippen LogP contribution >= 0.6 is 15.9 Å². The highest BCUT2D eigenvalue weighted by Gasteiger charge is 2.17. The molecule has 0 aliphatic heterocycles. The highest BCUT2D eigenvalue weighted by atomic mass is 79.9. The molecule has 1 amide bonds. The summed E-state index contributed by atoms with van der Waals surface area (Å²) in [5.74, 6) is 0.722. The number of carbonyl (C=O) groups excluding carboxylic acids is 1. The summed E-state index contributed by atoms with van der Waals surface area (Å²) in [6.45, 7) is 3.09. The lowest BCUT2D eigenvalue weighted by Gasteiger charge is -2.17. The normalized spacial score (nSPS) is 10.8. The van der Waals surface area contributed by atoms with Crippen molar-refractivity contribution in [1.82, 2.24) is 14.7 Å². The second-order valence-corrected chi connectivity index (χ2v) is 5.15. The zero-order chi connectivity index (χ0) is 14.5. The van der Waals surface area contributed by atoms with Crippen LogP contribution in [0.2, 0.25) is 0 Å². The molecule has 7 heteroatoms. The van der Waals surface area contributed by atoms with E-state index in [9.17, 15) is 4.79 Å². The third-order valence-electron chi connectivity index (χ3n) is 2.83. The van der Waals surface area contributed by atoms with Crippen LogP contribution in [0.15, 0.2) is 33.4 Å². The molecule has 0 saturated heterocycles. The van der Waals surface area contributed by atoms with Crippen molar-refractivity contribution in [2.45, 2.75) is 13.5 Å². The van der Waals surface area contributed by atoms with Crippen molar-refractivity contribution >= 4 is 21.8 Å². The molecule has 2 aromatic heterocycles. The van der Waals surface area contributed by atoms with Gasteiger partial charge in [0, 0.05) is 19.3 Å². The second kappa shape index (κ2) is 6.71. The van der Waals surface area contributed by atoms with Gasteiger partial charge in [0.2, 0.25) is 0 Å². The number of nitrogens with zero attached hydrogens (tertiary/aromatic N) is 3. The quantitative estimate of drug-likeness (QED) is 0.868. The third-order valence-corrected chi connectivity index (χ3v) is 3.24. The summed E-state index contributed by atoms with van der Waals surface area (Å²) in [6.07, 6.45) is 3.52. The van der Waals surface area contributed by atoms with E-state index in [2.05, 4.69) is 21.0 Å². The molecule has 0 fully saturated rings. The first-order chi connectivity index (χ1) is 9.63. The van der Waals surface area contributed by atoms with Crippen LogP contribution in [0.25, 0.3) is 0 Å². The van der Waals surface area contributed by atoms with Gasteiger partial charge in [-0.3, -0.25) is 9.48 Å². The molecule has 0 aliphatic rings. The number of halogens is 1. The van der Waals surface area contributed by atoms with E-state index >= 15 is 0 Å². The Morgan fingerprint density at radius 3 is 2.95 bits per heavy atom. The van der Waals surface area contributed by atoms with E-state index < -0.39 is 0 Å². The average molecular weight is 342 g/mol. The summed E-state index contributed by atoms with van der Waals surface area (Å²) in [6, 6.07) is 3.41. The molecule has 0 aromatic carbocycles. The van der Waals surface area contributed by atoms with Gasteiger partial charge in [0.1, 0.15) is 5.76 Å². The fourth-order valence-corrected chi connectivity index (χ4v) is 2.17. The number of hydrogen-bond acceptors (Lipinski definition) is 4. The topological polar surface area (TPSA) is 71.5 Å². The van der Waals surface area contributed by atoms with Crippen molar-refractivity contribution in [3.63, 3.8) is 0 Å². The van der Waals surface area contributed by atoms with Crippen molar-refractivity contribution in [2.75, 3.05) is 19.7 Å². The number of amides is 1. The molecule has 2 aromatic rings. The summed E-state index contributed by atoms with van der Waals surface area (Å²) in [7, 11) is 0. The van der Waals surface area contributed by atoms with Gasteiger partial charge in [0.15, 0.2) is 5.76 Å². The van der Waals surface area contributed by atoms with E-state index in [1.54, 1.807) is 23.0 Å². The highest BCUT2D eigenvalue weighted by Crippen LogP contribution is 2.13. The number of aromatic nitrogens is 2. The maximum absolute atomic E-state index is 12.1. The van der Waals surface area contributed by atoms with Crippen LogP contribution in [0.5, 0.6) is 0 Å². The second-order valence-electron chi connectivity index (χ2n) is 4.23. The minimum atomic E-state index is -0.213. The number of likely N-dealkylation sites (N-methyl/N-ethyl adjacent to an activating group) is 1. The van der Waals surface area contributed by atoms with Crippen molar-refractivity contribution in [3.05, 3.63) is 40.5 Å². The molecule has 1 N–H and O–H groups in total. The first kappa shape index (κ1) is 14.8. The van der Waals surface area contributed by atoms with Crippen LogP contribution in [0, 0.1) is 0 Å². The lowest BCUT2D eigenvalue weighted by molar-refractivity contribution is 0.0698. The molecule has 6 nitrogen and oxygen atoms in total. The Morgan fingerprint density at radius 2 is 2.35 bits per heavy atom. The minimum absolute atomic E-state index is 0.0611. The van der Waals surface area contributed by atoms with E-state index in [1.807, 2.05) is 13.1 Å². The Labute approximate surface area is 125 Å². The number of furan rings is 1. The molecular formula is C13H16BrN3O3. The first-order valence-corrected chi connectivity index (χ1v) is 7.10. The minimum Gasteiger partial charge on any atom is -0.454 e. The number of carbonyl (C=O) groups is 1. The fraction of sp³-hybridized carbons (Fsp3) is 0.385. The highest BCUT2D eigenvalue weighted by molar-refractivity contribution is 9.10. The Morgan fingerprint density at radius 1 is 1.55 bits per heavy atom. The summed E-state index contributed by atoms with van der Waals surface area (Å²) in [5.41, 5.74) is 0. The van der Waals surface area contributed by atoms with Crippen LogP contribution in [-0.4, -0.2) is 45.4 Å². The van der Waals surface area contributed by atoms with Gasteiger partial charge < -0.3 is 14.4 Å². The van der Waals surface area contributed by atoms with E-state index in [1.165, 1.54) is 4.90 Å². The zero-order valence-corrected chi connectivity index (χ0v) is 12.7. The van der Waals surface area contributed by atoms with Crippen molar-refractivity contribution in [1.29, 1.82) is 0 Å². The maximum Gasteiger partial charge on any atom is 0.289 e. The van der Waals surface area contributed by atoms with Gasteiger partial charge in [0.05, 0.1) is 23.8 Å². The molecule has 0 bridgehead atoms. The smallest absolute Gasteiger partial charge is 0.289 e. The van der Waals surface area contributed by atoms with E-state index in [0.717, 1.165) is 4.47 Å². The zero-order valence-electron chi connectivity index (χ0n) is 11.1. The van der Waals surface area contributed by atoms with Gasteiger partial charge in [0.25, 0.3) is 5.91 Å². The molecule has 0 unspecified atom stereocenters. The van der Waals surface area contributed by atoms with Gasteiger partial charge in [-0.15, -0.1) is 0 Å². The fourth-order valence-electron chi connectivity index (χ4n) is 1.84. The third kappa shape index (κ3) is 3.49. The van der Waals surface area contributed by atoms with Gasteiger partial charge in [-0.05, 0) is 35.0 Å². The summed E-state index contributed by atoms with van der Waals surface area (Å²) >= 11 is 3.32. The van der Waals surface area contributed by atoms with E-state index in [4.69, 9.17) is 9.52 Å². The van der Waals surface area contributed by atoms with Crippen LogP contribution in [0.1, 0.15) is 23.2 Å². The molecule has 0 atom stereocenters. The SMILES string of the molecule is CCN(CCO)C(=O)c1ccc(Cn2cc(Br)cn2)o1. The van der Waals surface area contributed by atoms with Gasteiger partial charge in [-0.1, -0.05) is 0 Å².